The summed E-state index contributed by atoms with van der Waals surface area (Å²) in [6, 6.07) is 14.0. The molecule has 0 saturated carbocycles. The maximum absolute atomic E-state index is 12.9. The number of carbonyl (C=O) groups excluding carboxylic acids is 4. The predicted molar refractivity (Wildman–Crippen MR) is 131 cm³/mol. The number of fused-ring (bicyclic) bond motifs is 1. The zero-order valence-corrected chi connectivity index (χ0v) is 19.7. The molecule has 0 radical (unpaired) electrons. The largest absolute Gasteiger partial charge is 0.467 e. The fourth-order valence-corrected chi connectivity index (χ4v) is 4.64. The van der Waals surface area contributed by atoms with Gasteiger partial charge in [0.25, 0.3) is 11.1 Å². The minimum absolute atomic E-state index is 0.0725. The number of thioether (sulfide) groups is 1. The predicted octanol–water partition coefficient (Wildman–Crippen LogP) is 4.19. The van der Waals surface area contributed by atoms with Crippen molar-refractivity contribution in [2.45, 2.75) is 26.4 Å². The number of methoxy groups -OCH3 is 1. The van der Waals surface area contributed by atoms with Crippen LogP contribution in [0.4, 0.5) is 10.5 Å². The van der Waals surface area contributed by atoms with E-state index in [1.165, 1.54) is 14.0 Å². The van der Waals surface area contributed by atoms with Crippen molar-refractivity contribution in [3.8, 4) is 0 Å². The summed E-state index contributed by atoms with van der Waals surface area (Å²) in [6.45, 7) is 3.50. The molecule has 0 unspecified atom stereocenters. The van der Waals surface area contributed by atoms with Crippen molar-refractivity contribution in [1.82, 2.24) is 9.47 Å². The first kappa shape index (κ1) is 23.3. The van der Waals surface area contributed by atoms with E-state index in [-0.39, 0.29) is 17.4 Å². The standard InChI is InChI=1S/C25H23N3O5S/c1-15-8-10-18(11-9-15)26-22(29)14-27-13-17(19-6-4-5-7-20(19)27)12-21-23(30)28(25(32)34-21)16(2)24(31)33-3/h4-13,16H,14H2,1-3H3,(H,26,29)/b21-12+/t16-/m0/s1. The molecule has 3 aromatic rings. The summed E-state index contributed by atoms with van der Waals surface area (Å²) in [6.07, 6.45) is 3.39. The van der Waals surface area contributed by atoms with Crippen molar-refractivity contribution in [1.29, 1.82) is 0 Å². The molecule has 8 nitrogen and oxygen atoms in total. The van der Waals surface area contributed by atoms with Crippen molar-refractivity contribution in [2.24, 2.45) is 0 Å². The number of imide groups is 1. The first-order valence-corrected chi connectivity index (χ1v) is 11.4. The third kappa shape index (κ3) is 4.60. The van der Waals surface area contributed by atoms with E-state index in [1.807, 2.05) is 55.5 Å². The monoisotopic (exact) mass is 477 g/mol. The molecule has 174 valence electrons. The highest BCUT2D eigenvalue weighted by Crippen LogP contribution is 2.35. The van der Waals surface area contributed by atoms with Crippen molar-refractivity contribution in [2.75, 3.05) is 12.4 Å². The van der Waals surface area contributed by atoms with Crippen LogP contribution in [-0.4, -0.2) is 45.6 Å². The molecule has 0 bridgehead atoms. The maximum atomic E-state index is 12.9. The quantitative estimate of drug-likeness (QED) is 0.422. The first-order valence-electron chi connectivity index (χ1n) is 10.6. The molecular weight excluding hydrogens is 454 g/mol. The van der Waals surface area contributed by atoms with E-state index in [2.05, 4.69) is 10.1 Å². The van der Waals surface area contributed by atoms with E-state index < -0.39 is 23.2 Å². The first-order chi connectivity index (χ1) is 16.3. The molecule has 4 rings (SSSR count). The lowest BCUT2D eigenvalue weighted by molar-refractivity contribution is -0.148. The van der Waals surface area contributed by atoms with Crippen molar-refractivity contribution < 1.29 is 23.9 Å². The van der Waals surface area contributed by atoms with Gasteiger partial charge in [-0.25, -0.2) is 4.79 Å². The lowest BCUT2D eigenvalue weighted by atomic mass is 10.1. The molecule has 1 N–H and O–H groups in total. The lowest BCUT2D eigenvalue weighted by Crippen LogP contribution is -2.42. The molecule has 3 amide bonds. The number of benzene rings is 2. The Labute approximate surface area is 200 Å². The number of rotatable bonds is 6. The Morgan fingerprint density at radius 3 is 2.53 bits per heavy atom. The third-order valence-electron chi connectivity index (χ3n) is 5.51. The minimum atomic E-state index is -1.02. The number of nitrogens with zero attached hydrogens (tertiary/aromatic N) is 2. The molecule has 2 aromatic carbocycles. The average Bonchev–Trinajstić information content (AvgIpc) is 3.30. The number of hydrogen-bond acceptors (Lipinski definition) is 6. The number of aromatic nitrogens is 1. The molecule has 1 saturated heterocycles. The summed E-state index contributed by atoms with van der Waals surface area (Å²) in [7, 11) is 1.21. The Morgan fingerprint density at radius 2 is 1.82 bits per heavy atom. The van der Waals surface area contributed by atoms with Gasteiger partial charge < -0.3 is 14.6 Å². The van der Waals surface area contributed by atoms with Gasteiger partial charge in [0.2, 0.25) is 5.91 Å². The van der Waals surface area contributed by atoms with E-state index in [0.717, 1.165) is 33.1 Å². The number of anilines is 1. The third-order valence-corrected chi connectivity index (χ3v) is 6.39. The van der Waals surface area contributed by atoms with E-state index in [1.54, 1.807) is 16.8 Å². The highest BCUT2D eigenvalue weighted by atomic mass is 32.2. The van der Waals surface area contributed by atoms with Gasteiger partial charge in [-0.1, -0.05) is 35.9 Å². The van der Waals surface area contributed by atoms with Crippen LogP contribution in [-0.2, 0) is 25.7 Å². The molecule has 1 atom stereocenters. The van der Waals surface area contributed by atoms with Gasteiger partial charge in [-0.05, 0) is 49.9 Å². The van der Waals surface area contributed by atoms with Crippen LogP contribution >= 0.6 is 11.8 Å². The van der Waals surface area contributed by atoms with Crippen LogP contribution in [0.15, 0.2) is 59.6 Å². The van der Waals surface area contributed by atoms with Crippen LogP contribution < -0.4 is 5.32 Å². The topological polar surface area (TPSA) is 97.7 Å². The molecule has 2 heterocycles. The van der Waals surface area contributed by atoms with Gasteiger partial charge >= 0.3 is 5.97 Å². The lowest BCUT2D eigenvalue weighted by Gasteiger charge is -2.18. The molecule has 1 aliphatic rings. The van der Waals surface area contributed by atoms with Gasteiger partial charge in [-0.15, -0.1) is 0 Å². The normalized spacial score (nSPS) is 15.7. The molecular formula is C25H23N3O5S. The van der Waals surface area contributed by atoms with Gasteiger partial charge in [0, 0.05) is 28.4 Å². The molecule has 0 aliphatic carbocycles. The SMILES string of the molecule is COC(=O)[C@H](C)N1C(=O)S/C(=C/c2cn(CC(=O)Nc3ccc(C)cc3)c3ccccc23)C1=O. The highest BCUT2D eigenvalue weighted by molar-refractivity contribution is 8.18. The maximum Gasteiger partial charge on any atom is 0.328 e. The molecule has 1 aliphatic heterocycles. The molecule has 1 aromatic heterocycles. The summed E-state index contributed by atoms with van der Waals surface area (Å²) in [5.41, 5.74) is 3.31. The number of hydrogen-bond donors (Lipinski definition) is 1. The summed E-state index contributed by atoms with van der Waals surface area (Å²) < 4.78 is 6.46. The Kier molecular flexibility index (Phi) is 6.56. The Balaban J connectivity index is 1.61. The molecule has 34 heavy (non-hydrogen) atoms. The van der Waals surface area contributed by atoms with Crippen LogP contribution in [0.1, 0.15) is 18.1 Å². The number of aryl methyl sites for hydroxylation is 1. The van der Waals surface area contributed by atoms with E-state index in [0.29, 0.717) is 11.3 Å². The van der Waals surface area contributed by atoms with Gasteiger partial charge in [0.15, 0.2) is 0 Å². The van der Waals surface area contributed by atoms with E-state index >= 15 is 0 Å². The fraction of sp³-hybridized carbons (Fsp3) is 0.200. The molecule has 0 spiro atoms. The molecule has 1 fully saturated rings. The Hall–Kier alpha value is -3.85. The summed E-state index contributed by atoms with van der Waals surface area (Å²) in [4.78, 5) is 50.9. The zero-order valence-electron chi connectivity index (χ0n) is 18.9. The second-order valence-corrected chi connectivity index (χ2v) is 8.89. The second-order valence-electron chi connectivity index (χ2n) is 7.89. The fourth-order valence-electron chi connectivity index (χ4n) is 3.74. The van der Waals surface area contributed by atoms with Crippen molar-refractivity contribution in [3.05, 3.63) is 70.8 Å². The van der Waals surface area contributed by atoms with Crippen molar-refractivity contribution >= 4 is 57.5 Å². The van der Waals surface area contributed by atoms with Crippen LogP contribution in [0, 0.1) is 6.92 Å². The van der Waals surface area contributed by atoms with Gasteiger partial charge in [0.1, 0.15) is 12.6 Å². The van der Waals surface area contributed by atoms with Crippen LogP contribution in [0.2, 0.25) is 0 Å². The smallest absolute Gasteiger partial charge is 0.328 e. The number of para-hydroxylation sites is 1. The number of esters is 1. The van der Waals surface area contributed by atoms with Crippen LogP contribution in [0.3, 0.4) is 0 Å². The highest BCUT2D eigenvalue weighted by Gasteiger charge is 2.41. The van der Waals surface area contributed by atoms with Gasteiger partial charge in [0.05, 0.1) is 12.0 Å². The summed E-state index contributed by atoms with van der Waals surface area (Å²) >= 11 is 0.770. The van der Waals surface area contributed by atoms with E-state index in [9.17, 15) is 19.2 Å². The summed E-state index contributed by atoms with van der Waals surface area (Å²) in [5.74, 6) is -1.41. The van der Waals surface area contributed by atoms with Crippen LogP contribution in [0.5, 0.6) is 0 Å². The van der Waals surface area contributed by atoms with Gasteiger partial charge in [-0.2, -0.15) is 0 Å². The Morgan fingerprint density at radius 1 is 1.12 bits per heavy atom. The molecule has 9 heteroatoms. The van der Waals surface area contributed by atoms with Crippen LogP contribution in [0.25, 0.3) is 17.0 Å². The van der Waals surface area contributed by atoms with Gasteiger partial charge in [-0.3, -0.25) is 19.3 Å². The zero-order chi connectivity index (χ0) is 24.4. The number of nitrogens with one attached hydrogen (secondary N) is 1. The average molecular weight is 478 g/mol. The van der Waals surface area contributed by atoms with E-state index in [4.69, 9.17) is 0 Å². The number of amides is 3. The van der Waals surface area contributed by atoms with Crippen molar-refractivity contribution in [3.63, 3.8) is 0 Å². The number of ether oxygens (including phenoxy) is 1. The number of carbonyl (C=O) groups is 4. The Bertz CT molecular complexity index is 1330. The summed E-state index contributed by atoms with van der Waals surface area (Å²) in [5, 5.41) is 3.18. The second kappa shape index (κ2) is 9.56. The minimum Gasteiger partial charge on any atom is -0.467 e.